The molecule has 11 nitrogen and oxygen atoms in total. The molecule has 13 heteroatoms. The minimum Gasteiger partial charge on any atom is -0.858 e. The minimum atomic E-state index is -0.870. The summed E-state index contributed by atoms with van der Waals surface area (Å²) in [6.45, 7) is 2.10. The van der Waals surface area contributed by atoms with Crippen molar-refractivity contribution in [1.29, 1.82) is 0 Å². The lowest BCUT2D eigenvalue weighted by Gasteiger charge is -2.21. The third-order valence-corrected chi connectivity index (χ3v) is 8.87. The molecule has 0 saturated carbocycles. The molecule has 2 aromatic heterocycles. The van der Waals surface area contributed by atoms with Crippen molar-refractivity contribution in [1.82, 2.24) is 20.1 Å². The van der Waals surface area contributed by atoms with Crippen molar-refractivity contribution >= 4 is 68.2 Å². The van der Waals surface area contributed by atoms with Gasteiger partial charge in [-0.05, 0) is 77.2 Å². The average Bonchev–Trinajstić information content (AvgIpc) is 3.65. The fourth-order valence-electron chi connectivity index (χ4n) is 4.89. The van der Waals surface area contributed by atoms with E-state index in [4.69, 9.17) is 21.7 Å². The zero-order chi connectivity index (χ0) is 31.0. The van der Waals surface area contributed by atoms with Crippen molar-refractivity contribution in [3.05, 3.63) is 89.6 Å². The Hall–Kier alpha value is -5.01. The molecular formula is C31H27N7O4S2. The molecule has 0 spiro atoms. The van der Waals surface area contributed by atoms with Gasteiger partial charge in [-0.15, -0.1) is 11.3 Å². The number of nitrogens with zero attached hydrogens (tertiary/aromatic N) is 6. The van der Waals surface area contributed by atoms with Gasteiger partial charge in [-0.1, -0.05) is 36.4 Å². The molecule has 1 aliphatic rings. The molecule has 1 fully saturated rings. The van der Waals surface area contributed by atoms with Crippen LogP contribution in [0.15, 0.2) is 82.3 Å². The first-order valence-electron chi connectivity index (χ1n) is 13.7. The Morgan fingerprint density at radius 1 is 1.16 bits per heavy atom. The molecule has 0 radical (unpaired) electrons. The van der Waals surface area contributed by atoms with Crippen molar-refractivity contribution in [2.45, 2.75) is 25.9 Å². The smallest absolute Gasteiger partial charge is 0.325 e. The largest absolute Gasteiger partial charge is 0.858 e. The topological polar surface area (TPSA) is 131 Å². The molecule has 3 aromatic carbocycles. The van der Waals surface area contributed by atoms with E-state index in [0.29, 0.717) is 16.9 Å². The van der Waals surface area contributed by atoms with E-state index in [0.717, 1.165) is 20.8 Å². The Labute approximate surface area is 262 Å². The number of aromatic nitrogens is 3. The van der Waals surface area contributed by atoms with Crippen LogP contribution >= 0.6 is 23.6 Å². The van der Waals surface area contributed by atoms with Crippen molar-refractivity contribution in [2.75, 3.05) is 12.4 Å². The molecular weight excluding hydrogens is 599 g/mol. The predicted molar refractivity (Wildman–Crippen MR) is 168 cm³/mol. The van der Waals surface area contributed by atoms with E-state index in [9.17, 15) is 14.7 Å². The van der Waals surface area contributed by atoms with E-state index < -0.39 is 11.9 Å². The number of fused-ring (bicyclic) bond motifs is 1. The SMILES string of the molecule is Cc1ccc2nc(-c3ccc(NC(=O)CC4C(=O)N(C)C(=S)N4Cc4c(/N=C(\[O-])c5ccccc5)on[n+]4C)cc3)sc2c1. The van der Waals surface area contributed by atoms with E-state index in [1.807, 2.05) is 36.4 Å². The number of hydrogen-bond donors (Lipinski definition) is 1. The maximum atomic E-state index is 13.2. The van der Waals surface area contributed by atoms with Crippen molar-refractivity contribution in [3.63, 3.8) is 0 Å². The van der Waals surface area contributed by atoms with Crippen LogP contribution < -0.4 is 15.1 Å². The Balaban J connectivity index is 1.16. The van der Waals surface area contributed by atoms with E-state index in [2.05, 4.69) is 28.6 Å². The van der Waals surface area contributed by atoms with Crippen LogP contribution in [-0.4, -0.2) is 56.0 Å². The summed E-state index contributed by atoms with van der Waals surface area (Å²) >= 11 is 7.17. The van der Waals surface area contributed by atoms with Crippen LogP contribution in [0.2, 0.25) is 0 Å². The predicted octanol–water partition coefficient (Wildman–Crippen LogP) is 3.48. The molecule has 1 saturated heterocycles. The highest BCUT2D eigenvalue weighted by Gasteiger charge is 2.43. The summed E-state index contributed by atoms with van der Waals surface area (Å²) in [5, 5.41) is 20.6. The third-order valence-electron chi connectivity index (χ3n) is 7.29. The minimum absolute atomic E-state index is 0.00212. The van der Waals surface area contributed by atoms with Gasteiger partial charge in [-0.2, -0.15) is 0 Å². The molecule has 6 rings (SSSR count). The quantitative estimate of drug-likeness (QED) is 0.120. The lowest BCUT2D eigenvalue weighted by atomic mass is 10.1. The molecule has 1 N–H and O–H groups in total. The zero-order valence-electron chi connectivity index (χ0n) is 24.1. The van der Waals surface area contributed by atoms with Gasteiger partial charge in [0.25, 0.3) is 11.6 Å². The molecule has 0 aliphatic carbocycles. The summed E-state index contributed by atoms with van der Waals surface area (Å²) in [5.74, 6) is -1.17. The summed E-state index contributed by atoms with van der Waals surface area (Å²) in [7, 11) is 3.20. The highest BCUT2D eigenvalue weighted by atomic mass is 32.1. The number of thiazole rings is 1. The van der Waals surface area contributed by atoms with Gasteiger partial charge in [0, 0.05) is 18.3 Å². The number of aryl methyl sites for hydroxylation is 2. The standard InChI is InChI=1S/C31H27N7O4S2/c1-18-9-14-22-25(15-18)44-29(33-22)20-10-12-21(13-11-20)32-26(39)16-23-30(41)36(2)31(43)38(23)17-24-28(42-35-37(24)3)34-27(40)19-7-5-4-6-8-19/h4-15,23H,16-17H2,1-3H3,(H-,32,33,34,35,39,40). The van der Waals surface area contributed by atoms with Gasteiger partial charge in [-0.3, -0.25) is 19.0 Å². The van der Waals surface area contributed by atoms with Crippen LogP contribution in [0.4, 0.5) is 11.6 Å². The number of nitrogens with one attached hydrogen (secondary N) is 1. The summed E-state index contributed by atoms with van der Waals surface area (Å²) < 4.78 is 7.86. The Kier molecular flexibility index (Phi) is 7.89. The van der Waals surface area contributed by atoms with Crippen LogP contribution in [0.3, 0.4) is 0 Å². The number of amides is 2. The second-order valence-electron chi connectivity index (χ2n) is 10.4. The molecule has 0 bridgehead atoms. The molecule has 5 aromatic rings. The fourth-order valence-corrected chi connectivity index (χ4v) is 6.24. The van der Waals surface area contributed by atoms with Crippen LogP contribution in [0.25, 0.3) is 20.8 Å². The Morgan fingerprint density at radius 3 is 2.66 bits per heavy atom. The van der Waals surface area contributed by atoms with Gasteiger partial charge in [0.15, 0.2) is 12.2 Å². The number of hydrogen-bond acceptors (Lipinski definition) is 9. The number of likely N-dealkylation sites (N-methyl/N-ethyl adjacent to an activating group) is 1. The van der Waals surface area contributed by atoms with Gasteiger partial charge >= 0.3 is 5.88 Å². The number of carbonyl (C=O) groups is 2. The second kappa shape index (κ2) is 11.9. The van der Waals surface area contributed by atoms with Crippen molar-refractivity contribution in [2.24, 2.45) is 12.0 Å². The van der Waals surface area contributed by atoms with E-state index >= 15 is 0 Å². The van der Waals surface area contributed by atoms with Crippen LogP contribution in [0, 0.1) is 6.92 Å². The molecule has 1 unspecified atom stereocenters. The normalized spacial score (nSPS) is 15.4. The zero-order valence-corrected chi connectivity index (χ0v) is 25.7. The highest BCUT2D eigenvalue weighted by Crippen LogP contribution is 2.31. The Bertz CT molecular complexity index is 1920. The number of aliphatic imine (C=N–C) groups is 1. The van der Waals surface area contributed by atoms with Gasteiger partial charge in [0.1, 0.15) is 17.6 Å². The van der Waals surface area contributed by atoms with E-state index in [1.165, 1.54) is 15.1 Å². The lowest BCUT2D eigenvalue weighted by molar-refractivity contribution is -0.746. The van der Waals surface area contributed by atoms with Crippen molar-refractivity contribution < 1.29 is 23.9 Å². The number of benzene rings is 3. The summed E-state index contributed by atoms with van der Waals surface area (Å²) in [4.78, 5) is 38.1. The van der Waals surface area contributed by atoms with Gasteiger partial charge in [-0.25, -0.2) is 9.98 Å². The van der Waals surface area contributed by atoms with E-state index in [-0.39, 0.29) is 35.8 Å². The lowest BCUT2D eigenvalue weighted by Crippen LogP contribution is -2.42. The van der Waals surface area contributed by atoms with Gasteiger partial charge in [0.05, 0.1) is 16.6 Å². The highest BCUT2D eigenvalue weighted by molar-refractivity contribution is 7.80. The molecule has 44 heavy (non-hydrogen) atoms. The van der Waals surface area contributed by atoms with Gasteiger partial charge in [0.2, 0.25) is 11.2 Å². The van der Waals surface area contributed by atoms with Crippen LogP contribution in [0.1, 0.15) is 23.2 Å². The number of rotatable bonds is 8. The second-order valence-corrected chi connectivity index (χ2v) is 11.8. The van der Waals surface area contributed by atoms with Gasteiger partial charge < -0.3 is 15.3 Å². The monoisotopic (exact) mass is 625 g/mol. The number of anilines is 1. The number of thiocarbonyl (C=S) groups is 1. The molecule has 222 valence electrons. The summed E-state index contributed by atoms with van der Waals surface area (Å²) in [6.07, 6.45) is -0.146. The first-order valence-corrected chi connectivity index (χ1v) is 14.9. The Morgan fingerprint density at radius 2 is 1.91 bits per heavy atom. The third kappa shape index (κ3) is 5.79. The van der Waals surface area contributed by atoms with E-state index in [1.54, 1.807) is 60.7 Å². The maximum absolute atomic E-state index is 13.2. The molecule has 3 heterocycles. The summed E-state index contributed by atoms with van der Waals surface area (Å²) in [5.41, 5.74) is 4.48. The van der Waals surface area contributed by atoms with Crippen LogP contribution in [0.5, 0.6) is 0 Å². The molecule has 1 aliphatic heterocycles. The maximum Gasteiger partial charge on any atom is 0.325 e. The first kappa shape index (κ1) is 29.1. The summed E-state index contributed by atoms with van der Waals surface area (Å²) in [6, 6.07) is 21.3. The average molecular weight is 626 g/mol. The first-order chi connectivity index (χ1) is 21.2. The van der Waals surface area contributed by atoms with Crippen LogP contribution in [-0.2, 0) is 23.2 Å². The fraction of sp³-hybridized carbons (Fsp3) is 0.194. The van der Waals surface area contributed by atoms with Crippen molar-refractivity contribution in [3.8, 4) is 10.6 Å². The number of carbonyl (C=O) groups excluding carboxylic acids is 2. The molecule has 2 amide bonds. The molecule has 1 atom stereocenters.